The standard InChI is InChI=1S/C15H12N2O4/c1-2-20-14(18)10-7-9-12(17-13(10)16)8-5-3-4-6-11(8)21-15(9)19/h3-7H,2H2,1H3,(H2,16,17)/p+1. The van der Waals surface area contributed by atoms with E-state index < -0.39 is 11.6 Å². The van der Waals surface area contributed by atoms with Gasteiger partial charge in [0.05, 0.1) is 12.0 Å². The van der Waals surface area contributed by atoms with Crippen molar-refractivity contribution in [3.8, 4) is 0 Å². The largest absolute Gasteiger partial charge is 0.462 e. The van der Waals surface area contributed by atoms with Crippen LogP contribution in [0.2, 0.25) is 0 Å². The van der Waals surface area contributed by atoms with Gasteiger partial charge in [-0.25, -0.2) is 14.6 Å². The van der Waals surface area contributed by atoms with Crippen LogP contribution in [-0.2, 0) is 4.74 Å². The van der Waals surface area contributed by atoms with Gasteiger partial charge in [0, 0.05) is 0 Å². The maximum Gasteiger partial charge on any atom is 0.347 e. The molecule has 6 heteroatoms. The van der Waals surface area contributed by atoms with E-state index >= 15 is 0 Å². The molecule has 0 aliphatic carbocycles. The molecule has 0 saturated carbocycles. The van der Waals surface area contributed by atoms with Crippen molar-refractivity contribution in [3.05, 3.63) is 46.3 Å². The van der Waals surface area contributed by atoms with Crippen molar-refractivity contribution in [2.45, 2.75) is 6.92 Å². The van der Waals surface area contributed by atoms with Crippen LogP contribution in [0.1, 0.15) is 17.3 Å². The predicted octanol–water partition coefficient (Wildman–Crippen LogP) is 1.52. The number of hydrogen-bond donors (Lipinski definition) is 1. The van der Waals surface area contributed by atoms with Gasteiger partial charge >= 0.3 is 11.6 Å². The molecule has 0 aliphatic heterocycles. The first-order valence-corrected chi connectivity index (χ1v) is 6.46. The van der Waals surface area contributed by atoms with Gasteiger partial charge in [0.2, 0.25) is 0 Å². The zero-order chi connectivity index (χ0) is 15.0. The van der Waals surface area contributed by atoms with Crippen LogP contribution >= 0.6 is 0 Å². The fourth-order valence-corrected chi connectivity index (χ4v) is 2.23. The summed E-state index contributed by atoms with van der Waals surface area (Å²) in [5, 5.41) is 0.972. The second-order valence-corrected chi connectivity index (χ2v) is 4.49. The number of ether oxygens (including phenoxy) is 1. The molecule has 0 atom stereocenters. The van der Waals surface area contributed by atoms with Gasteiger partial charge < -0.3 is 9.15 Å². The van der Waals surface area contributed by atoms with E-state index in [1.807, 2.05) is 6.07 Å². The molecular formula is C15H13N2O4+. The molecule has 1 aromatic carbocycles. The normalized spacial score (nSPS) is 10.9. The Morgan fingerprint density at radius 1 is 1.33 bits per heavy atom. The summed E-state index contributed by atoms with van der Waals surface area (Å²) in [6.45, 7) is 1.92. The molecule has 21 heavy (non-hydrogen) atoms. The highest BCUT2D eigenvalue weighted by Gasteiger charge is 2.20. The lowest BCUT2D eigenvalue weighted by atomic mass is 10.1. The average molecular weight is 285 g/mol. The lowest BCUT2D eigenvalue weighted by Crippen LogP contribution is -2.21. The minimum Gasteiger partial charge on any atom is -0.462 e. The minimum atomic E-state index is -0.583. The third-order valence-corrected chi connectivity index (χ3v) is 3.18. The van der Waals surface area contributed by atoms with Crippen molar-refractivity contribution >= 4 is 33.7 Å². The number of anilines is 1. The number of para-hydroxylation sites is 1. The Hall–Kier alpha value is -2.89. The highest BCUT2D eigenvalue weighted by atomic mass is 16.5. The number of aromatic nitrogens is 1. The van der Waals surface area contributed by atoms with E-state index in [0.29, 0.717) is 16.5 Å². The van der Waals surface area contributed by atoms with Crippen molar-refractivity contribution in [1.82, 2.24) is 0 Å². The van der Waals surface area contributed by atoms with Crippen LogP contribution in [0, 0.1) is 0 Å². The van der Waals surface area contributed by atoms with Crippen molar-refractivity contribution in [2.75, 3.05) is 12.3 Å². The van der Waals surface area contributed by atoms with Gasteiger partial charge in [0.15, 0.2) is 5.52 Å². The van der Waals surface area contributed by atoms with Crippen LogP contribution in [0.15, 0.2) is 39.5 Å². The molecule has 3 rings (SSSR count). The maximum absolute atomic E-state index is 12.1. The van der Waals surface area contributed by atoms with Gasteiger partial charge in [0.25, 0.3) is 5.82 Å². The summed E-state index contributed by atoms with van der Waals surface area (Å²) in [6.07, 6.45) is 0. The van der Waals surface area contributed by atoms with Gasteiger partial charge in [-0.2, -0.15) is 0 Å². The molecule has 0 fully saturated rings. The molecule has 2 aromatic heterocycles. The zero-order valence-corrected chi connectivity index (χ0v) is 11.3. The van der Waals surface area contributed by atoms with E-state index in [2.05, 4.69) is 4.98 Å². The Kier molecular flexibility index (Phi) is 3.06. The number of carbonyl (C=O) groups is 1. The van der Waals surface area contributed by atoms with Gasteiger partial charge in [-0.3, -0.25) is 5.73 Å². The Bertz CT molecular complexity index is 915. The SMILES string of the molecule is CCOC(=O)c1cc2c(=O)oc3ccccc3c2[nH+]c1N. The van der Waals surface area contributed by atoms with Crippen LogP contribution in [0.5, 0.6) is 0 Å². The number of aromatic amines is 1. The number of pyridine rings is 1. The fraction of sp³-hybridized carbons (Fsp3) is 0.133. The number of fused-ring (bicyclic) bond motifs is 3. The molecule has 3 N–H and O–H groups in total. The Balaban J connectivity index is 2.37. The van der Waals surface area contributed by atoms with Gasteiger partial charge in [-0.1, -0.05) is 12.1 Å². The van der Waals surface area contributed by atoms with Gasteiger partial charge in [-0.05, 0) is 25.1 Å². The highest BCUT2D eigenvalue weighted by Crippen LogP contribution is 2.21. The lowest BCUT2D eigenvalue weighted by molar-refractivity contribution is -0.325. The Labute approximate surface area is 119 Å². The van der Waals surface area contributed by atoms with E-state index in [0.717, 1.165) is 0 Å². The van der Waals surface area contributed by atoms with Crippen LogP contribution in [0.25, 0.3) is 21.9 Å². The molecule has 3 aromatic rings. The number of carbonyl (C=O) groups excluding carboxylic acids is 1. The van der Waals surface area contributed by atoms with Crippen LogP contribution in [-0.4, -0.2) is 12.6 Å². The number of nitrogens with two attached hydrogens (primary N) is 1. The number of H-pyrrole nitrogens is 1. The molecule has 6 nitrogen and oxygen atoms in total. The predicted molar refractivity (Wildman–Crippen MR) is 76.9 cm³/mol. The van der Waals surface area contributed by atoms with Gasteiger partial charge in [-0.15, -0.1) is 0 Å². The van der Waals surface area contributed by atoms with E-state index in [1.54, 1.807) is 25.1 Å². The molecular weight excluding hydrogens is 272 g/mol. The lowest BCUT2D eigenvalue weighted by Gasteiger charge is -2.04. The summed E-state index contributed by atoms with van der Waals surface area (Å²) >= 11 is 0. The summed E-state index contributed by atoms with van der Waals surface area (Å²) in [5.41, 5.74) is 6.44. The molecule has 0 unspecified atom stereocenters. The molecule has 0 saturated heterocycles. The topological polar surface area (TPSA) is 96.7 Å². The number of rotatable bonds is 2. The molecule has 0 spiro atoms. The van der Waals surface area contributed by atoms with Crippen molar-refractivity contribution < 1.29 is 18.9 Å². The Morgan fingerprint density at radius 3 is 2.86 bits per heavy atom. The summed E-state index contributed by atoms with van der Waals surface area (Å²) in [7, 11) is 0. The monoisotopic (exact) mass is 285 g/mol. The second kappa shape index (κ2) is 4.90. The van der Waals surface area contributed by atoms with E-state index in [-0.39, 0.29) is 23.4 Å². The summed E-state index contributed by atoms with van der Waals surface area (Å²) in [6, 6.07) is 8.50. The number of esters is 1. The van der Waals surface area contributed by atoms with Crippen molar-refractivity contribution in [2.24, 2.45) is 0 Å². The fourth-order valence-electron chi connectivity index (χ4n) is 2.23. The third-order valence-electron chi connectivity index (χ3n) is 3.18. The number of hydrogen-bond acceptors (Lipinski definition) is 5. The maximum atomic E-state index is 12.1. The van der Waals surface area contributed by atoms with Crippen molar-refractivity contribution in [3.63, 3.8) is 0 Å². The minimum absolute atomic E-state index is 0.118. The molecule has 0 aliphatic rings. The first-order valence-electron chi connectivity index (χ1n) is 6.46. The second-order valence-electron chi connectivity index (χ2n) is 4.49. The van der Waals surface area contributed by atoms with E-state index in [9.17, 15) is 9.59 Å². The molecule has 2 heterocycles. The van der Waals surface area contributed by atoms with E-state index in [4.69, 9.17) is 14.9 Å². The number of nitrogens with one attached hydrogen (secondary N) is 1. The van der Waals surface area contributed by atoms with Crippen LogP contribution < -0.4 is 16.3 Å². The smallest absolute Gasteiger partial charge is 0.347 e. The Morgan fingerprint density at radius 2 is 2.10 bits per heavy atom. The first kappa shape index (κ1) is 13.1. The summed E-state index contributed by atoms with van der Waals surface area (Å²) in [5.74, 6) is -0.433. The highest BCUT2D eigenvalue weighted by molar-refractivity contribution is 6.03. The third kappa shape index (κ3) is 2.10. The molecule has 0 amide bonds. The average Bonchev–Trinajstić information content (AvgIpc) is 2.47. The first-order chi connectivity index (χ1) is 10.1. The van der Waals surface area contributed by atoms with Crippen LogP contribution in [0.3, 0.4) is 0 Å². The van der Waals surface area contributed by atoms with E-state index in [1.165, 1.54) is 6.07 Å². The van der Waals surface area contributed by atoms with Crippen molar-refractivity contribution in [1.29, 1.82) is 0 Å². The van der Waals surface area contributed by atoms with Gasteiger partial charge in [0.1, 0.15) is 16.5 Å². The molecule has 0 radical (unpaired) electrons. The summed E-state index contributed by atoms with van der Waals surface area (Å²) in [4.78, 5) is 26.8. The number of nitrogen functional groups attached to an aromatic ring is 1. The number of benzene rings is 1. The summed E-state index contributed by atoms with van der Waals surface area (Å²) < 4.78 is 10.2. The molecule has 0 bridgehead atoms. The zero-order valence-electron chi connectivity index (χ0n) is 11.3. The quantitative estimate of drug-likeness (QED) is 0.437. The molecule has 106 valence electrons. The van der Waals surface area contributed by atoms with Crippen LogP contribution in [0.4, 0.5) is 5.82 Å².